The van der Waals surface area contributed by atoms with E-state index in [-0.39, 0.29) is 45.8 Å². The van der Waals surface area contributed by atoms with E-state index in [4.69, 9.17) is 23.2 Å². The average molecular weight is 373 g/mol. The predicted molar refractivity (Wildman–Crippen MR) is 87.2 cm³/mol. The zero-order valence-electron chi connectivity index (χ0n) is 12.8. The summed E-state index contributed by atoms with van der Waals surface area (Å²) in [7, 11) is 0. The van der Waals surface area contributed by atoms with Crippen LogP contribution in [0.4, 0.5) is 0 Å². The van der Waals surface area contributed by atoms with Crippen LogP contribution in [0.1, 0.15) is 28.9 Å². The summed E-state index contributed by atoms with van der Waals surface area (Å²) in [4.78, 5) is 17.9. The zero-order valence-corrected chi connectivity index (χ0v) is 16.3. The van der Waals surface area contributed by atoms with Gasteiger partial charge in [0.1, 0.15) is 5.69 Å². The molecule has 2 aromatic rings. The summed E-state index contributed by atoms with van der Waals surface area (Å²) in [6, 6.07) is 3.05. The Morgan fingerprint density at radius 1 is 1.42 bits per heavy atom. The molecule has 3 rings (SSSR count). The van der Waals surface area contributed by atoms with E-state index in [1.807, 2.05) is 0 Å². The summed E-state index contributed by atoms with van der Waals surface area (Å²) < 4.78 is 0. The molecule has 0 saturated heterocycles. The maximum absolute atomic E-state index is 11.7. The van der Waals surface area contributed by atoms with Crippen molar-refractivity contribution in [2.24, 2.45) is 10.9 Å². The van der Waals surface area contributed by atoms with Gasteiger partial charge in [-0.25, -0.2) is 4.79 Å². The molecule has 0 amide bonds. The molecule has 1 heterocycles. The number of benzene rings is 1. The van der Waals surface area contributed by atoms with E-state index < -0.39 is 11.9 Å². The van der Waals surface area contributed by atoms with Crippen LogP contribution >= 0.6 is 23.2 Å². The third-order valence-electron chi connectivity index (χ3n) is 3.51. The van der Waals surface area contributed by atoms with Gasteiger partial charge < -0.3 is 15.2 Å². The Labute approximate surface area is 170 Å². The third-order valence-corrected chi connectivity index (χ3v) is 4.03. The molecule has 1 aromatic heterocycles. The zero-order chi connectivity index (χ0) is 16.6. The number of carboxylic acids is 1. The van der Waals surface area contributed by atoms with Crippen molar-refractivity contribution in [1.29, 1.82) is 0 Å². The first-order valence-electron chi connectivity index (χ1n) is 6.93. The molecule has 8 heteroatoms. The summed E-state index contributed by atoms with van der Waals surface area (Å²) in [5.41, 5.74) is 0.474. The Bertz CT molecular complexity index is 892. The third kappa shape index (κ3) is 4.27. The summed E-state index contributed by atoms with van der Waals surface area (Å²) >= 11 is 12.1. The second kappa shape index (κ2) is 7.81. The van der Waals surface area contributed by atoms with E-state index in [1.54, 1.807) is 6.07 Å². The summed E-state index contributed by atoms with van der Waals surface area (Å²) in [6.45, 7) is 0.476. The van der Waals surface area contributed by atoms with Crippen LogP contribution in [0.2, 0.25) is 10.0 Å². The number of aromatic carboxylic acids is 1. The van der Waals surface area contributed by atoms with Crippen molar-refractivity contribution >= 4 is 46.0 Å². The standard InChI is InChI=1S/C16H12Cl2N2O3.Na/c17-9-5-11(18)14-10(15(16(22)23)20-12(14)6-9)3-4-13(21)19-7-8-1-2-8;/h5-6,8,20H,1-2,7H2,(H,19,21)(H,22,23);/q;+1/p-1. The van der Waals surface area contributed by atoms with Gasteiger partial charge in [-0.15, -0.1) is 0 Å². The molecule has 1 saturated carbocycles. The summed E-state index contributed by atoms with van der Waals surface area (Å²) in [6.07, 6.45) is 2.18. The van der Waals surface area contributed by atoms with E-state index in [0.717, 1.165) is 12.8 Å². The van der Waals surface area contributed by atoms with Crippen molar-refractivity contribution in [2.45, 2.75) is 12.8 Å². The minimum absolute atomic E-state index is 0. The monoisotopic (exact) mass is 372 g/mol. The van der Waals surface area contributed by atoms with Crippen LogP contribution in [0.5, 0.6) is 0 Å². The molecular formula is C16H11Cl2N2NaO3. The SMILES string of the molecule is O=C(O)c1[nH]c2cc(Cl)cc(Cl)c2c1C#CC([O-])=NCC1CC1.[Na+]. The largest absolute Gasteiger partial charge is 1.00 e. The quantitative estimate of drug-likeness (QED) is 0.335. The van der Waals surface area contributed by atoms with Gasteiger partial charge in [0.05, 0.1) is 16.1 Å². The number of fused-ring (bicyclic) bond motifs is 1. The van der Waals surface area contributed by atoms with Crippen molar-refractivity contribution < 1.29 is 44.6 Å². The van der Waals surface area contributed by atoms with Crippen molar-refractivity contribution in [2.75, 3.05) is 6.54 Å². The first kappa shape index (κ1) is 19.2. The van der Waals surface area contributed by atoms with E-state index in [9.17, 15) is 15.0 Å². The summed E-state index contributed by atoms with van der Waals surface area (Å²) in [5.74, 6) is 3.69. The van der Waals surface area contributed by atoms with Gasteiger partial charge >= 0.3 is 35.5 Å². The number of nitrogens with one attached hydrogen (secondary N) is 1. The fourth-order valence-corrected chi connectivity index (χ4v) is 2.79. The van der Waals surface area contributed by atoms with Crippen molar-refractivity contribution in [3.05, 3.63) is 33.4 Å². The topological polar surface area (TPSA) is 88.5 Å². The molecule has 118 valence electrons. The fourth-order valence-electron chi connectivity index (χ4n) is 2.20. The first-order chi connectivity index (χ1) is 11.0. The molecule has 5 nitrogen and oxygen atoms in total. The second-order valence-corrected chi connectivity index (χ2v) is 6.17. The number of carboxylic acid groups (broad SMARTS) is 1. The summed E-state index contributed by atoms with van der Waals surface area (Å²) in [5, 5.41) is 22.0. The molecule has 1 fully saturated rings. The van der Waals surface area contributed by atoms with Crippen LogP contribution < -0.4 is 34.7 Å². The van der Waals surface area contributed by atoms with Gasteiger partial charge in [0.2, 0.25) is 0 Å². The van der Waals surface area contributed by atoms with Crippen molar-refractivity contribution in [3.63, 3.8) is 0 Å². The normalized spacial score (nSPS) is 14.0. The molecule has 0 radical (unpaired) electrons. The second-order valence-electron chi connectivity index (χ2n) is 5.33. The Morgan fingerprint density at radius 2 is 2.12 bits per heavy atom. The van der Waals surface area contributed by atoms with Crippen molar-refractivity contribution in [3.8, 4) is 11.8 Å². The number of rotatable bonds is 3. The predicted octanol–water partition coefficient (Wildman–Crippen LogP) is -0.303. The number of nitrogens with zero attached hydrogens (tertiary/aromatic N) is 1. The van der Waals surface area contributed by atoms with E-state index >= 15 is 0 Å². The van der Waals surface area contributed by atoms with Crippen LogP contribution in [0, 0.1) is 17.8 Å². The Hall–Kier alpha value is -1.16. The van der Waals surface area contributed by atoms with Crippen LogP contribution in [0.25, 0.3) is 10.9 Å². The number of aromatic amines is 1. The van der Waals surface area contributed by atoms with Gasteiger partial charge in [0.15, 0.2) is 0 Å². The average Bonchev–Trinajstić information content (AvgIpc) is 3.22. The number of halogens is 2. The van der Waals surface area contributed by atoms with Gasteiger partial charge in [0, 0.05) is 22.9 Å². The molecule has 1 aliphatic carbocycles. The molecule has 0 spiro atoms. The molecule has 0 aliphatic heterocycles. The van der Waals surface area contributed by atoms with Gasteiger partial charge in [-0.05, 0) is 30.9 Å². The van der Waals surface area contributed by atoms with E-state index in [2.05, 4.69) is 21.8 Å². The van der Waals surface area contributed by atoms with Gasteiger partial charge in [-0.3, -0.25) is 4.99 Å². The maximum Gasteiger partial charge on any atom is 1.00 e. The van der Waals surface area contributed by atoms with Crippen LogP contribution in [-0.4, -0.2) is 28.5 Å². The number of hydrogen-bond acceptors (Lipinski definition) is 3. The van der Waals surface area contributed by atoms with Crippen LogP contribution in [0.3, 0.4) is 0 Å². The molecule has 0 atom stereocenters. The van der Waals surface area contributed by atoms with Crippen LogP contribution in [-0.2, 0) is 0 Å². The van der Waals surface area contributed by atoms with Gasteiger partial charge in [0.25, 0.3) is 0 Å². The smallest absolute Gasteiger partial charge is 0.853 e. The molecular weight excluding hydrogens is 362 g/mol. The van der Waals surface area contributed by atoms with Gasteiger partial charge in [-0.2, -0.15) is 0 Å². The minimum Gasteiger partial charge on any atom is -0.853 e. The number of carbonyl (C=O) groups is 1. The Balaban J connectivity index is 0.00000208. The van der Waals surface area contributed by atoms with E-state index in [0.29, 0.717) is 28.4 Å². The van der Waals surface area contributed by atoms with Crippen LogP contribution in [0.15, 0.2) is 17.1 Å². The number of aliphatic imine (C=N–C) groups is 1. The number of hydrogen-bond donors (Lipinski definition) is 2. The van der Waals surface area contributed by atoms with Gasteiger partial charge in [-0.1, -0.05) is 35.0 Å². The molecule has 1 aliphatic rings. The molecule has 0 bridgehead atoms. The fraction of sp³-hybridized carbons (Fsp3) is 0.250. The number of H-pyrrole nitrogens is 1. The molecule has 24 heavy (non-hydrogen) atoms. The molecule has 1 aromatic carbocycles. The number of aromatic nitrogens is 1. The minimum atomic E-state index is -1.19. The molecule has 0 unspecified atom stereocenters. The Kier molecular flexibility index (Phi) is 6.24. The maximum atomic E-state index is 11.7. The van der Waals surface area contributed by atoms with Crippen molar-refractivity contribution in [1.82, 2.24) is 4.98 Å². The first-order valence-corrected chi connectivity index (χ1v) is 7.69. The Morgan fingerprint density at radius 3 is 2.75 bits per heavy atom. The molecule has 2 N–H and O–H groups in total. The van der Waals surface area contributed by atoms with E-state index in [1.165, 1.54) is 6.07 Å².